The Balaban J connectivity index is 0.00000147. The second kappa shape index (κ2) is 14.4. The Labute approximate surface area is 252 Å². The number of nitrogen functional groups attached to an aromatic ring is 1. The molecule has 0 bridgehead atoms. The van der Waals surface area contributed by atoms with E-state index in [1.807, 2.05) is 33.2 Å². The van der Waals surface area contributed by atoms with Gasteiger partial charge in [-0.05, 0) is 81.2 Å². The topological polar surface area (TPSA) is 84.0 Å². The molecule has 41 heavy (non-hydrogen) atoms. The molecule has 3 N–H and O–H groups in total. The van der Waals surface area contributed by atoms with Crippen LogP contribution in [0.25, 0.3) is 11.1 Å². The van der Waals surface area contributed by atoms with Gasteiger partial charge in [-0.1, -0.05) is 46.8 Å². The number of hydrogen-bond donors (Lipinski definition) is 2. The first-order valence-corrected chi connectivity index (χ1v) is 15.9. The highest BCUT2D eigenvalue weighted by Crippen LogP contribution is 2.43. The Morgan fingerprint density at radius 2 is 2.00 bits per heavy atom. The summed E-state index contributed by atoms with van der Waals surface area (Å²) in [5, 5.41) is 10.1. The van der Waals surface area contributed by atoms with Crippen molar-refractivity contribution in [2.45, 2.75) is 97.6 Å². The number of nitrogens with zero attached hydrogens (tertiary/aromatic N) is 3. The zero-order valence-electron chi connectivity index (χ0n) is 26.2. The van der Waals surface area contributed by atoms with Crippen molar-refractivity contribution in [2.75, 3.05) is 24.6 Å². The van der Waals surface area contributed by atoms with E-state index in [0.29, 0.717) is 18.8 Å². The van der Waals surface area contributed by atoms with Gasteiger partial charge in [-0.15, -0.1) is 11.8 Å². The fraction of sp³-hybridized carbons (Fsp3) is 0.529. The van der Waals surface area contributed by atoms with Gasteiger partial charge in [0.05, 0.1) is 17.0 Å². The minimum atomic E-state index is -0.702. The van der Waals surface area contributed by atoms with Gasteiger partial charge in [-0.2, -0.15) is 0 Å². The fourth-order valence-corrected chi connectivity index (χ4v) is 6.21. The van der Waals surface area contributed by atoms with E-state index in [-0.39, 0.29) is 5.41 Å². The molecule has 1 aliphatic heterocycles. The Kier molecular flexibility index (Phi) is 11.5. The lowest BCUT2D eigenvalue weighted by Crippen LogP contribution is -2.29. The molecule has 224 valence electrons. The monoisotopic (exact) mass is 578 g/mol. The summed E-state index contributed by atoms with van der Waals surface area (Å²) in [6.07, 6.45) is 8.75. The number of hydrogen-bond acceptors (Lipinski definition) is 7. The molecule has 0 saturated carbocycles. The summed E-state index contributed by atoms with van der Waals surface area (Å²) in [5.41, 5.74) is 12.4. The molecule has 6 nitrogen and oxygen atoms in total. The van der Waals surface area contributed by atoms with Crippen molar-refractivity contribution in [3.8, 4) is 16.9 Å². The number of aromatic nitrogens is 1. The standard InChI is InChI=1S/C31H42N4O2S.C3H8/c1-7-33-26-10-11-30(3,4)18-25(26)21(2)35-13-14-37-27-9-8-22(16-24(27)20-35)23-17-28(29(32)34-19-23)38-15-12-31(5,6)36;1-3-2/h7-9,16-17,19,36H,2,10-15,18,20H2,1,3-6H3,(H2,32,34);3H2,1-2H3. The summed E-state index contributed by atoms with van der Waals surface area (Å²) in [5.74, 6) is 2.20. The van der Waals surface area contributed by atoms with Crippen molar-refractivity contribution in [3.63, 3.8) is 0 Å². The lowest BCUT2D eigenvalue weighted by Gasteiger charge is -2.36. The molecule has 0 saturated heterocycles. The highest BCUT2D eigenvalue weighted by molar-refractivity contribution is 7.99. The molecule has 1 aromatic carbocycles. The number of nitrogens with two attached hydrogens (primary N) is 1. The smallest absolute Gasteiger partial charge is 0.137 e. The maximum absolute atomic E-state index is 10.1. The molecule has 0 radical (unpaired) electrons. The van der Waals surface area contributed by atoms with E-state index >= 15 is 0 Å². The van der Waals surface area contributed by atoms with Crippen LogP contribution >= 0.6 is 11.8 Å². The molecular weight excluding hydrogens is 528 g/mol. The van der Waals surface area contributed by atoms with Gasteiger partial charge >= 0.3 is 0 Å². The van der Waals surface area contributed by atoms with Gasteiger partial charge in [0.15, 0.2) is 0 Å². The lowest BCUT2D eigenvalue weighted by molar-refractivity contribution is 0.0777. The van der Waals surface area contributed by atoms with Crippen LogP contribution in [-0.4, -0.2) is 45.7 Å². The second-order valence-corrected chi connectivity index (χ2v) is 13.6. The summed E-state index contributed by atoms with van der Waals surface area (Å²) in [6.45, 7) is 21.2. The van der Waals surface area contributed by atoms with Crippen LogP contribution in [0.2, 0.25) is 0 Å². The van der Waals surface area contributed by atoms with Gasteiger partial charge in [0.2, 0.25) is 0 Å². The molecular formula is C34H50N4O2S. The van der Waals surface area contributed by atoms with Crippen LogP contribution < -0.4 is 10.5 Å². The minimum Gasteiger partial charge on any atom is -0.491 e. The first-order valence-electron chi connectivity index (χ1n) is 14.9. The van der Waals surface area contributed by atoms with E-state index < -0.39 is 5.60 Å². The summed E-state index contributed by atoms with van der Waals surface area (Å²) in [6, 6.07) is 8.44. The van der Waals surface area contributed by atoms with Gasteiger partial charge in [0.25, 0.3) is 0 Å². The quantitative estimate of drug-likeness (QED) is 0.242. The van der Waals surface area contributed by atoms with E-state index in [0.717, 1.165) is 71.1 Å². The van der Waals surface area contributed by atoms with Crippen molar-refractivity contribution in [1.29, 1.82) is 0 Å². The number of ether oxygens (including phenoxy) is 1. The minimum absolute atomic E-state index is 0.239. The molecule has 0 amide bonds. The molecule has 7 heteroatoms. The molecule has 0 fully saturated rings. The van der Waals surface area contributed by atoms with Crippen LogP contribution in [0.3, 0.4) is 0 Å². The summed E-state index contributed by atoms with van der Waals surface area (Å²) in [7, 11) is 0. The number of aliphatic imine (C=N–C) groups is 1. The predicted octanol–water partition coefficient (Wildman–Crippen LogP) is 8.26. The number of anilines is 1. The average molecular weight is 579 g/mol. The Bertz CT molecular complexity index is 1260. The zero-order valence-corrected chi connectivity index (χ0v) is 27.0. The number of rotatable bonds is 8. The first-order chi connectivity index (χ1) is 19.4. The SMILES string of the molecule is C=C(C1=C(N=CC)CCC(C)(C)C1)N1CCOc2ccc(-c3cnc(N)c(SCCC(C)(C)O)c3)cc2C1.CCC. The van der Waals surface area contributed by atoms with E-state index in [4.69, 9.17) is 15.5 Å². The maximum atomic E-state index is 10.1. The van der Waals surface area contributed by atoms with Gasteiger partial charge in [-0.3, -0.25) is 4.99 Å². The molecule has 1 aromatic heterocycles. The normalized spacial score (nSPS) is 16.9. The van der Waals surface area contributed by atoms with E-state index in [1.165, 1.54) is 17.7 Å². The van der Waals surface area contributed by atoms with Crippen LogP contribution in [0.5, 0.6) is 5.75 Å². The second-order valence-electron chi connectivity index (χ2n) is 12.4. The van der Waals surface area contributed by atoms with Gasteiger partial charge in [-0.25, -0.2) is 4.98 Å². The van der Waals surface area contributed by atoms with Gasteiger partial charge in [0, 0.05) is 47.2 Å². The maximum Gasteiger partial charge on any atom is 0.137 e. The van der Waals surface area contributed by atoms with Crippen molar-refractivity contribution in [3.05, 3.63) is 59.6 Å². The van der Waals surface area contributed by atoms with Crippen LogP contribution in [0.4, 0.5) is 5.82 Å². The van der Waals surface area contributed by atoms with Crippen molar-refractivity contribution < 1.29 is 9.84 Å². The van der Waals surface area contributed by atoms with Crippen LogP contribution in [0, 0.1) is 5.41 Å². The third-order valence-corrected chi connectivity index (χ3v) is 8.33. The van der Waals surface area contributed by atoms with Gasteiger partial charge in [0.1, 0.15) is 18.2 Å². The van der Waals surface area contributed by atoms with E-state index in [9.17, 15) is 5.11 Å². The lowest BCUT2D eigenvalue weighted by atomic mass is 9.75. The summed E-state index contributed by atoms with van der Waals surface area (Å²) >= 11 is 1.63. The Morgan fingerprint density at radius 3 is 2.68 bits per heavy atom. The van der Waals surface area contributed by atoms with Crippen LogP contribution in [0.15, 0.2) is 63.9 Å². The highest BCUT2D eigenvalue weighted by Gasteiger charge is 2.30. The van der Waals surface area contributed by atoms with Gasteiger partial charge < -0.3 is 20.5 Å². The van der Waals surface area contributed by atoms with Crippen LogP contribution in [-0.2, 0) is 6.54 Å². The number of allylic oxidation sites excluding steroid dienone is 2. The largest absolute Gasteiger partial charge is 0.491 e. The fourth-order valence-electron chi connectivity index (χ4n) is 4.98. The van der Waals surface area contributed by atoms with E-state index in [2.05, 4.69) is 68.4 Å². The number of thioether (sulfide) groups is 1. The summed E-state index contributed by atoms with van der Waals surface area (Å²) < 4.78 is 6.16. The molecule has 2 heterocycles. The molecule has 2 aliphatic rings. The predicted molar refractivity (Wildman–Crippen MR) is 176 cm³/mol. The molecule has 0 spiro atoms. The first kappa shape index (κ1) is 32.7. The van der Waals surface area contributed by atoms with Crippen molar-refractivity contribution in [2.24, 2.45) is 10.4 Å². The third kappa shape index (κ3) is 9.37. The molecule has 4 rings (SSSR count). The number of fused-ring (bicyclic) bond motifs is 1. The average Bonchev–Trinajstić information content (AvgIpc) is 3.12. The molecule has 2 aromatic rings. The number of aliphatic hydroxyl groups is 1. The van der Waals surface area contributed by atoms with Crippen LogP contribution in [0.1, 0.15) is 86.1 Å². The molecule has 1 aliphatic carbocycles. The Hall–Kier alpha value is -2.77. The molecule has 0 atom stereocenters. The Morgan fingerprint density at radius 1 is 1.27 bits per heavy atom. The number of pyridine rings is 1. The van der Waals surface area contributed by atoms with Crippen molar-refractivity contribution >= 4 is 23.8 Å². The van der Waals surface area contributed by atoms with E-state index in [1.54, 1.807) is 11.8 Å². The zero-order chi connectivity index (χ0) is 30.2. The number of benzene rings is 1. The molecule has 0 unspecified atom stereocenters. The third-order valence-electron chi connectivity index (χ3n) is 7.28. The van der Waals surface area contributed by atoms with Crippen molar-refractivity contribution in [1.82, 2.24) is 9.88 Å². The highest BCUT2D eigenvalue weighted by atomic mass is 32.2. The summed E-state index contributed by atoms with van der Waals surface area (Å²) in [4.78, 5) is 12.5.